The number of halogens is 1. The number of amides is 2. The highest BCUT2D eigenvalue weighted by Crippen LogP contribution is 2.30. The number of likely N-dealkylation sites (tertiary alicyclic amines) is 1. The highest BCUT2D eigenvalue weighted by Gasteiger charge is 2.37. The van der Waals surface area contributed by atoms with E-state index >= 15 is 0 Å². The summed E-state index contributed by atoms with van der Waals surface area (Å²) in [6.45, 7) is 2.61. The lowest BCUT2D eigenvalue weighted by Gasteiger charge is -2.36. The van der Waals surface area contributed by atoms with Crippen LogP contribution in [-0.2, 0) is 11.3 Å². The number of hydrogen-bond acceptors (Lipinski definition) is 2. The van der Waals surface area contributed by atoms with Crippen molar-refractivity contribution in [3.63, 3.8) is 0 Å². The van der Waals surface area contributed by atoms with Gasteiger partial charge in [-0.25, -0.2) is 9.18 Å². The number of benzene rings is 1. The number of rotatable bonds is 3. The summed E-state index contributed by atoms with van der Waals surface area (Å²) in [6, 6.07) is 5.99. The zero-order chi connectivity index (χ0) is 15.5. The number of urea groups is 1. The summed E-state index contributed by atoms with van der Waals surface area (Å²) < 4.78 is 13.4. The molecule has 0 unspecified atom stereocenters. The van der Waals surface area contributed by atoms with Gasteiger partial charge in [-0.05, 0) is 25.8 Å². The number of carboxylic acids is 1. The number of aliphatic carboxylic acids is 1. The van der Waals surface area contributed by atoms with Crippen LogP contribution in [0.4, 0.5) is 9.18 Å². The highest BCUT2D eigenvalue weighted by molar-refractivity contribution is 5.77. The number of nitrogens with zero attached hydrogens (tertiary/aromatic N) is 1. The van der Waals surface area contributed by atoms with Crippen molar-refractivity contribution in [2.75, 3.05) is 13.1 Å². The number of carbonyl (C=O) groups is 2. The lowest BCUT2D eigenvalue weighted by molar-refractivity contribution is -0.150. The second kappa shape index (κ2) is 6.11. The van der Waals surface area contributed by atoms with E-state index in [0.717, 1.165) is 0 Å². The number of hydrogen-bond donors (Lipinski definition) is 2. The predicted octanol–water partition coefficient (Wildman–Crippen LogP) is 2.22. The smallest absolute Gasteiger partial charge is 0.317 e. The normalized spacial score (nSPS) is 17.3. The van der Waals surface area contributed by atoms with Crippen molar-refractivity contribution in [1.29, 1.82) is 0 Å². The molecular weight excluding hydrogens is 275 g/mol. The van der Waals surface area contributed by atoms with Crippen LogP contribution in [0.1, 0.15) is 25.3 Å². The Balaban J connectivity index is 1.86. The van der Waals surface area contributed by atoms with Gasteiger partial charge in [-0.1, -0.05) is 18.2 Å². The van der Waals surface area contributed by atoms with Gasteiger partial charge in [0.15, 0.2) is 0 Å². The van der Waals surface area contributed by atoms with Gasteiger partial charge in [0.25, 0.3) is 0 Å². The summed E-state index contributed by atoms with van der Waals surface area (Å²) in [5.74, 6) is -1.18. The third-order valence-corrected chi connectivity index (χ3v) is 4.06. The minimum absolute atomic E-state index is 0.123. The first-order chi connectivity index (χ1) is 9.92. The number of nitrogens with one attached hydrogen (secondary N) is 1. The fourth-order valence-corrected chi connectivity index (χ4v) is 2.34. The minimum Gasteiger partial charge on any atom is -0.481 e. The molecule has 0 radical (unpaired) electrons. The molecule has 0 saturated carbocycles. The molecule has 0 aliphatic carbocycles. The van der Waals surface area contributed by atoms with Crippen LogP contribution in [0.3, 0.4) is 0 Å². The summed E-state index contributed by atoms with van der Waals surface area (Å²) in [5.41, 5.74) is -0.333. The Morgan fingerprint density at radius 3 is 2.52 bits per heavy atom. The van der Waals surface area contributed by atoms with Crippen LogP contribution < -0.4 is 5.32 Å². The van der Waals surface area contributed by atoms with E-state index in [1.807, 2.05) is 0 Å². The molecule has 2 N–H and O–H groups in total. The van der Waals surface area contributed by atoms with Crippen molar-refractivity contribution >= 4 is 12.0 Å². The topological polar surface area (TPSA) is 69.6 Å². The van der Waals surface area contributed by atoms with Crippen LogP contribution in [0.25, 0.3) is 0 Å². The molecule has 0 bridgehead atoms. The largest absolute Gasteiger partial charge is 0.481 e. The molecule has 21 heavy (non-hydrogen) atoms. The van der Waals surface area contributed by atoms with E-state index in [9.17, 15) is 14.0 Å². The van der Waals surface area contributed by atoms with Crippen LogP contribution in [0.5, 0.6) is 0 Å². The molecule has 2 amide bonds. The molecule has 114 valence electrons. The van der Waals surface area contributed by atoms with E-state index in [4.69, 9.17) is 5.11 Å². The fraction of sp³-hybridized carbons (Fsp3) is 0.467. The van der Waals surface area contributed by atoms with Crippen molar-refractivity contribution in [3.8, 4) is 0 Å². The molecule has 1 saturated heterocycles. The Bertz CT molecular complexity index is 539. The molecule has 1 heterocycles. The Kier molecular flexibility index (Phi) is 4.45. The van der Waals surface area contributed by atoms with Crippen molar-refractivity contribution in [3.05, 3.63) is 35.6 Å². The third-order valence-electron chi connectivity index (χ3n) is 4.06. The molecule has 6 heteroatoms. The molecule has 1 aromatic rings. The van der Waals surface area contributed by atoms with Crippen molar-refractivity contribution in [2.45, 2.75) is 26.3 Å². The molecule has 0 aromatic heterocycles. The Morgan fingerprint density at radius 2 is 1.95 bits per heavy atom. The van der Waals surface area contributed by atoms with Gasteiger partial charge in [0.05, 0.1) is 5.41 Å². The maximum atomic E-state index is 13.4. The molecule has 1 aliphatic heterocycles. The van der Waals surface area contributed by atoms with Crippen molar-refractivity contribution < 1.29 is 19.1 Å². The van der Waals surface area contributed by atoms with Crippen LogP contribution in [0, 0.1) is 11.2 Å². The summed E-state index contributed by atoms with van der Waals surface area (Å²) >= 11 is 0. The highest BCUT2D eigenvalue weighted by atomic mass is 19.1. The standard InChI is InChI=1S/C15H19FN2O3/c1-15(13(19)20)6-8-18(9-7-15)14(21)17-10-11-4-2-3-5-12(11)16/h2-5H,6-10H2,1H3,(H,17,21)(H,19,20). The second-order valence-electron chi connectivity index (χ2n) is 5.60. The number of carbonyl (C=O) groups excluding carboxylic acids is 1. The average Bonchev–Trinajstić information content (AvgIpc) is 2.46. The van der Waals surface area contributed by atoms with Gasteiger partial charge in [-0.3, -0.25) is 4.79 Å². The van der Waals surface area contributed by atoms with Gasteiger partial charge >= 0.3 is 12.0 Å². The van der Waals surface area contributed by atoms with E-state index < -0.39 is 11.4 Å². The van der Waals surface area contributed by atoms with E-state index in [-0.39, 0.29) is 18.4 Å². The van der Waals surface area contributed by atoms with E-state index in [2.05, 4.69) is 5.32 Å². The maximum Gasteiger partial charge on any atom is 0.317 e. The number of piperidine rings is 1. The molecule has 1 fully saturated rings. The summed E-state index contributed by atoms with van der Waals surface area (Å²) in [4.78, 5) is 24.7. The molecule has 5 nitrogen and oxygen atoms in total. The van der Waals surface area contributed by atoms with E-state index in [1.165, 1.54) is 6.07 Å². The van der Waals surface area contributed by atoms with Gasteiger partial charge in [-0.15, -0.1) is 0 Å². The van der Waals surface area contributed by atoms with Crippen LogP contribution in [0.2, 0.25) is 0 Å². The van der Waals surface area contributed by atoms with Crippen LogP contribution in [0.15, 0.2) is 24.3 Å². The Labute approximate surface area is 122 Å². The fourth-order valence-electron chi connectivity index (χ4n) is 2.34. The van der Waals surface area contributed by atoms with Crippen molar-refractivity contribution in [2.24, 2.45) is 5.41 Å². The molecular formula is C15H19FN2O3. The first kappa shape index (κ1) is 15.3. The van der Waals surface area contributed by atoms with Crippen LogP contribution in [-0.4, -0.2) is 35.1 Å². The third kappa shape index (κ3) is 3.51. The van der Waals surface area contributed by atoms with Crippen LogP contribution >= 0.6 is 0 Å². The lowest BCUT2D eigenvalue weighted by Crippen LogP contribution is -2.48. The van der Waals surface area contributed by atoms with Gasteiger partial charge in [0, 0.05) is 25.2 Å². The number of carboxylic acid groups (broad SMARTS) is 1. The molecule has 0 spiro atoms. The summed E-state index contributed by atoms with van der Waals surface area (Å²) in [5, 5.41) is 11.8. The van der Waals surface area contributed by atoms with Gasteiger partial charge in [0.1, 0.15) is 5.82 Å². The predicted molar refractivity (Wildman–Crippen MR) is 75.2 cm³/mol. The zero-order valence-electron chi connectivity index (χ0n) is 11.9. The van der Waals surface area contributed by atoms with E-state index in [0.29, 0.717) is 31.5 Å². The lowest BCUT2D eigenvalue weighted by atomic mass is 9.80. The molecule has 0 atom stereocenters. The van der Waals surface area contributed by atoms with E-state index in [1.54, 1.807) is 30.0 Å². The molecule has 1 aliphatic rings. The first-order valence-corrected chi connectivity index (χ1v) is 6.92. The maximum absolute atomic E-state index is 13.4. The Morgan fingerprint density at radius 1 is 1.33 bits per heavy atom. The Hall–Kier alpha value is -2.11. The minimum atomic E-state index is -0.825. The SMILES string of the molecule is CC1(C(=O)O)CCN(C(=O)NCc2ccccc2F)CC1. The van der Waals surface area contributed by atoms with Crippen molar-refractivity contribution in [1.82, 2.24) is 10.2 Å². The van der Waals surface area contributed by atoms with Gasteiger partial charge in [0.2, 0.25) is 0 Å². The molecule has 1 aromatic carbocycles. The van der Waals surface area contributed by atoms with Gasteiger partial charge < -0.3 is 15.3 Å². The first-order valence-electron chi connectivity index (χ1n) is 6.92. The summed E-state index contributed by atoms with van der Waals surface area (Å²) in [7, 11) is 0. The quantitative estimate of drug-likeness (QED) is 0.898. The summed E-state index contributed by atoms with van der Waals surface area (Å²) in [6.07, 6.45) is 0.852. The monoisotopic (exact) mass is 294 g/mol. The average molecular weight is 294 g/mol. The zero-order valence-corrected chi connectivity index (χ0v) is 11.9. The molecule has 2 rings (SSSR count). The second-order valence-corrected chi connectivity index (χ2v) is 5.60. The van der Waals surface area contributed by atoms with Gasteiger partial charge in [-0.2, -0.15) is 0 Å².